The number of nitrogens with zero attached hydrogens (tertiary/aromatic N) is 2. The van der Waals surface area contributed by atoms with Crippen LogP contribution in [0.4, 0.5) is 0 Å². The highest BCUT2D eigenvalue weighted by atomic mass is 16.5. The van der Waals surface area contributed by atoms with E-state index < -0.39 is 0 Å². The maximum atomic E-state index is 10.8. The van der Waals surface area contributed by atoms with Crippen molar-refractivity contribution < 1.29 is 23.7 Å². The quantitative estimate of drug-likeness (QED) is 0.485. The van der Waals surface area contributed by atoms with E-state index in [4.69, 9.17) is 14.2 Å². The molecule has 0 fully saturated rings. The maximum Gasteiger partial charge on any atom is 0.303 e. The van der Waals surface area contributed by atoms with Crippen molar-refractivity contribution in [3.63, 3.8) is 0 Å². The zero-order valence-corrected chi connectivity index (χ0v) is 13.6. The Kier molecular flexibility index (Phi) is 7.32. The molecule has 124 valence electrons. The Morgan fingerprint density at radius 1 is 1.17 bits per heavy atom. The monoisotopic (exact) mass is 320 g/mol. The highest BCUT2D eigenvalue weighted by Crippen LogP contribution is 2.08. The molecule has 0 aromatic carbocycles. The molecule has 0 amide bonds. The van der Waals surface area contributed by atoms with E-state index in [-0.39, 0.29) is 12.6 Å². The van der Waals surface area contributed by atoms with Crippen LogP contribution in [-0.4, -0.2) is 25.2 Å². The van der Waals surface area contributed by atoms with Gasteiger partial charge in [0.25, 0.3) is 0 Å². The summed E-state index contributed by atoms with van der Waals surface area (Å²) in [4.78, 5) is 14.5. The second kappa shape index (κ2) is 9.24. The lowest BCUT2D eigenvalue weighted by molar-refractivity contribution is -0.612. The Balaban J connectivity index is 0.000000238. The van der Waals surface area contributed by atoms with Crippen LogP contribution >= 0.6 is 0 Å². The summed E-state index contributed by atoms with van der Waals surface area (Å²) in [6, 6.07) is 6.99. The first-order valence-electron chi connectivity index (χ1n) is 6.82. The predicted octanol–water partition coefficient (Wildman–Crippen LogP) is 1.79. The highest BCUT2D eigenvalue weighted by Gasteiger charge is 1.99. The van der Waals surface area contributed by atoms with Crippen LogP contribution in [-0.2, 0) is 16.1 Å². The van der Waals surface area contributed by atoms with E-state index in [2.05, 4.69) is 4.98 Å². The maximum absolute atomic E-state index is 10.8. The molecule has 23 heavy (non-hydrogen) atoms. The van der Waals surface area contributed by atoms with Crippen LogP contribution in [0.25, 0.3) is 0 Å². The molecule has 2 aromatic rings. The molecule has 0 N–H and O–H groups in total. The van der Waals surface area contributed by atoms with E-state index >= 15 is 0 Å². The van der Waals surface area contributed by atoms with Crippen LogP contribution in [0.15, 0.2) is 36.7 Å². The van der Waals surface area contributed by atoms with Gasteiger partial charge < -0.3 is 19.4 Å². The largest absolute Gasteiger partial charge is 0.618 e. The molecule has 0 saturated carbocycles. The van der Waals surface area contributed by atoms with Crippen molar-refractivity contribution in [2.75, 3.05) is 14.2 Å². The molecule has 0 aliphatic heterocycles. The first kappa shape index (κ1) is 18.2. The third-order valence-electron chi connectivity index (χ3n) is 2.77. The van der Waals surface area contributed by atoms with Crippen molar-refractivity contribution >= 4 is 5.97 Å². The zero-order valence-electron chi connectivity index (χ0n) is 13.6. The number of aromatic nitrogens is 2. The first-order chi connectivity index (χ1) is 11.0. The van der Waals surface area contributed by atoms with Crippen LogP contribution < -0.4 is 14.2 Å². The number of ether oxygens (including phenoxy) is 3. The van der Waals surface area contributed by atoms with Crippen LogP contribution in [0.5, 0.6) is 11.5 Å². The molecular formula is C16H20N2O5. The molecule has 0 atom stereocenters. The van der Waals surface area contributed by atoms with Gasteiger partial charge in [-0.15, -0.1) is 0 Å². The molecule has 0 unspecified atom stereocenters. The summed E-state index contributed by atoms with van der Waals surface area (Å²) in [6.07, 6.45) is 2.98. The van der Waals surface area contributed by atoms with Gasteiger partial charge in [0.2, 0.25) is 6.20 Å². The van der Waals surface area contributed by atoms with Crippen LogP contribution in [0.1, 0.15) is 18.3 Å². The number of carbonyl (C=O) groups is 1. The van der Waals surface area contributed by atoms with E-state index in [1.165, 1.54) is 20.2 Å². The smallest absolute Gasteiger partial charge is 0.303 e. The summed E-state index contributed by atoms with van der Waals surface area (Å²) < 4.78 is 15.3. The SMILES string of the molecule is COc1ccc(C)[n+]([O-])c1.COc1ccc(COC(C)=O)nc1. The molecule has 2 aromatic heterocycles. The van der Waals surface area contributed by atoms with E-state index in [1.807, 2.05) is 0 Å². The number of methoxy groups -OCH3 is 2. The van der Waals surface area contributed by atoms with Gasteiger partial charge in [-0.1, -0.05) is 0 Å². The Bertz CT molecular complexity index is 629. The lowest BCUT2D eigenvalue weighted by Gasteiger charge is -2.02. The van der Waals surface area contributed by atoms with Crippen molar-refractivity contribution in [2.45, 2.75) is 20.5 Å². The van der Waals surface area contributed by atoms with Gasteiger partial charge in [-0.2, -0.15) is 4.73 Å². The number of rotatable bonds is 4. The molecule has 2 heterocycles. The molecule has 0 aliphatic rings. The fourth-order valence-electron chi connectivity index (χ4n) is 1.45. The van der Waals surface area contributed by atoms with Crippen LogP contribution in [0.3, 0.4) is 0 Å². The third kappa shape index (κ3) is 6.64. The van der Waals surface area contributed by atoms with Crippen molar-refractivity contribution in [1.29, 1.82) is 0 Å². The van der Waals surface area contributed by atoms with Gasteiger partial charge in [-0.3, -0.25) is 9.78 Å². The fourth-order valence-corrected chi connectivity index (χ4v) is 1.45. The van der Waals surface area contributed by atoms with Crippen molar-refractivity contribution in [3.05, 3.63) is 53.3 Å². The molecule has 0 bridgehead atoms. The number of aryl methyl sites for hydroxylation is 1. The molecular weight excluding hydrogens is 300 g/mol. The van der Waals surface area contributed by atoms with Gasteiger partial charge in [0.05, 0.1) is 26.1 Å². The zero-order chi connectivity index (χ0) is 17.2. The summed E-state index contributed by atoms with van der Waals surface area (Å²) >= 11 is 0. The highest BCUT2D eigenvalue weighted by molar-refractivity contribution is 5.65. The number of carbonyl (C=O) groups excluding carboxylic acids is 1. The van der Waals surface area contributed by atoms with Gasteiger partial charge in [-0.25, -0.2) is 0 Å². The minimum atomic E-state index is -0.308. The average molecular weight is 320 g/mol. The number of hydrogen-bond acceptors (Lipinski definition) is 6. The van der Waals surface area contributed by atoms with Crippen LogP contribution in [0, 0.1) is 12.1 Å². The summed E-state index contributed by atoms with van der Waals surface area (Å²) in [5.74, 6) is 0.963. The van der Waals surface area contributed by atoms with Crippen molar-refractivity contribution in [1.82, 2.24) is 4.98 Å². The van der Waals surface area contributed by atoms with E-state index in [0.29, 0.717) is 22.9 Å². The second-order valence-electron chi connectivity index (χ2n) is 4.51. The molecule has 2 rings (SSSR count). The molecule has 0 saturated heterocycles. The van der Waals surface area contributed by atoms with Crippen LogP contribution in [0.2, 0.25) is 0 Å². The lowest BCUT2D eigenvalue weighted by atomic mass is 10.3. The number of pyridine rings is 2. The molecule has 0 aliphatic carbocycles. The Hall–Kier alpha value is -2.83. The summed E-state index contributed by atoms with van der Waals surface area (Å²) in [5, 5.41) is 10.8. The number of hydrogen-bond donors (Lipinski definition) is 0. The molecule has 0 spiro atoms. The van der Waals surface area contributed by atoms with Crippen molar-refractivity contribution in [3.8, 4) is 11.5 Å². The van der Waals surface area contributed by atoms with E-state index in [0.717, 1.165) is 4.73 Å². The summed E-state index contributed by atoms with van der Waals surface area (Å²) in [5.41, 5.74) is 1.37. The first-order valence-corrected chi connectivity index (χ1v) is 6.82. The summed E-state index contributed by atoms with van der Waals surface area (Å²) in [7, 11) is 3.10. The summed E-state index contributed by atoms with van der Waals surface area (Å²) in [6.45, 7) is 3.31. The van der Waals surface area contributed by atoms with Crippen molar-refractivity contribution in [2.24, 2.45) is 0 Å². The molecule has 7 heteroatoms. The van der Waals surface area contributed by atoms with Gasteiger partial charge in [0, 0.05) is 19.9 Å². The minimum Gasteiger partial charge on any atom is -0.618 e. The normalized spacial score (nSPS) is 9.39. The van der Waals surface area contributed by atoms with Gasteiger partial charge >= 0.3 is 5.97 Å². The fraction of sp³-hybridized carbons (Fsp3) is 0.312. The molecule has 0 radical (unpaired) electrons. The van der Waals surface area contributed by atoms with E-state index in [1.54, 1.807) is 44.5 Å². The Morgan fingerprint density at radius 2 is 1.83 bits per heavy atom. The van der Waals surface area contributed by atoms with Gasteiger partial charge in [0.15, 0.2) is 11.4 Å². The Labute approximate surface area is 135 Å². The standard InChI is InChI=1S/C9H11NO3.C7H9NO2/c1-7(11)13-6-8-3-4-9(12-2)5-10-8;1-6-3-4-7(10-2)5-8(6)9/h3-5H,6H2,1-2H3;3-5H,1-2H3. The van der Waals surface area contributed by atoms with Gasteiger partial charge in [0.1, 0.15) is 12.4 Å². The average Bonchev–Trinajstić information content (AvgIpc) is 2.56. The topological polar surface area (TPSA) is 84.6 Å². The minimum absolute atomic E-state index is 0.208. The van der Waals surface area contributed by atoms with E-state index in [9.17, 15) is 10.0 Å². The predicted molar refractivity (Wildman–Crippen MR) is 83.0 cm³/mol. The third-order valence-corrected chi connectivity index (χ3v) is 2.77. The number of esters is 1. The Morgan fingerprint density at radius 3 is 2.30 bits per heavy atom. The molecule has 7 nitrogen and oxygen atoms in total. The second-order valence-corrected chi connectivity index (χ2v) is 4.51. The van der Waals surface area contributed by atoms with Gasteiger partial charge in [-0.05, 0) is 18.2 Å². The lowest BCUT2D eigenvalue weighted by Crippen LogP contribution is -2.28.